The van der Waals surface area contributed by atoms with Gasteiger partial charge in [-0.05, 0) is 34.6 Å². The quantitative estimate of drug-likeness (QED) is 0.865. The van der Waals surface area contributed by atoms with Gasteiger partial charge in [0.2, 0.25) is 0 Å². The van der Waals surface area contributed by atoms with Crippen LogP contribution in [0.1, 0.15) is 45.0 Å². The Labute approximate surface area is 112 Å². The Kier molecular flexibility index (Phi) is 4.34. The molecule has 0 spiro atoms. The number of aromatic nitrogens is 2. The maximum absolute atomic E-state index is 12.0. The molecule has 6 heteroatoms. The zero-order valence-corrected chi connectivity index (χ0v) is 12.0. The van der Waals surface area contributed by atoms with Crippen LogP contribution >= 0.6 is 0 Å². The molecule has 2 atom stereocenters. The highest BCUT2D eigenvalue weighted by molar-refractivity contribution is 5.94. The van der Waals surface area contributed by atoms with Crippen LogP contribution in [0.2, 0.25) is 0 Å². The smallest absolute Gasteiger partial charge is 0.308 e. The summed E-state index contributed by atoms with van der Waals surface area (Å²) in [6.07, 6.45) is 3.15. The molecular formula is C13H21N3O3. The number of carboxylic acid groups (broad SMARTS) is 1. The molecule has 0 radical (unpaired) electrons. The molecule has 0 aliphatic carbocycles. The van der Waals surface area contributed by atoms with E-state index in [2.05, 4.69) is 10.4 Å². The van der Waals surface area contributed by atoms with E-state index in [9.17, 15) is 9.59 Å². The average Bonchev–Trinajstić information content (AvgIpc) is 2.76. The van der Waals surface area contributed by atoms with Gasteiger partial charge in [0, 0.05) is 12.2 Å². The van der Waals surface area contributed by atoms with Crippen LogP contribution < -0.4 is 5.32 Å². The van der Waals surface area contributed by atoms with Gasteiger partial charge in [0.15, 0.2) is 0 Å². The van der Waals surface area contributed by atoms with Gasteiger partial charge in [-0.3, -0.25) is 14.3 Å². The van der Waals surface area contributed by atoms with Gasteiger partial charge < -0.3 is 10.4 Å². The molecule has 6 nitrogen and oxygen atoms in total. The molecule has 0 fully saturated rings. The van der Waals surface area contributed by atoms with E-state index in [0.717, 1.165) is 0 Å². The summed E-state index contributed by atoms with van der Waals surface area (Å²) in [6, 6.07) is -0.442. The number of hydrogen-bond acceptors (Lipinski definition) is 3. The molecule has 2 unspecified atom stereocenters. The maximum Gasteiger partial charge on any atom is 0.308 e. The first-order valence-corrected chi connectivity index (χ1v) is 6.21. The molecule has 1 aromatic rings. The van der Waals surface area contributed by atoms with Crippen molar-refractivity contribution < 1.29 is 14.7 Å². The van der Waals surface area contributed by atoms with Crippen molar-refractivity contribution in [3.05, 3.63) is 18.0 Å². The highest BCUT2D eigenvalue weighted by Crippen LogP contribution is 2.13. The molecule has 1 amide bonds. The summed E-state index contributed by atoms with van der Waals surface area (Å²) in [7, 11) is 0. The van der Waals surface area contributed by atoms with E-state index in [0.29, 0.717) is 5.56 Å². The summed E-state index contributed by atoms with van der Waals surface area (Å²) in [6.45, 7) is 9.18. The van der Waals surface area contributed by atoms with E-state index >= 15 is 0 Å². The SMILES string of the molecule is CC(NC(=O)c1cnn(C(C)(C)C)c1)C(C)C(=O)O. The second-order valence-electron chi connectivity index (χ2n) is 5.73. The Bertz CT molecular complexity index is 474. The Balaban J connectivity index is 2.74. The molecule has 1 heterocycles. The predicted molar refractivity (Wildman–Crippen MR) is 71.0 cm³/mol. The number of carboxylic acids is 1. The number of nitrogens with one attached hydrogen (secondary N) is 1. The fourth-order valence-electron chi connectivity index (χ4n) is 1.44. The van der Waals surface area contributed by atoms with E-state index in [1.165, 1.54) is 6.20 Å². The number of rotatable bonds is 4. The molecule has 0 saturated carbocycles. The minimum atomic E-state index is -0.932. The van der Waals surface area contributed by atoms with E-state index in [1.807, 2.05) is 20.8 Å². The first-order chi connectivity index (χ1) is 8.62. The number of nitrogens with zero attached hydrogens (tertiary/aromatic N) is 2. The minimum Gasteiger partial charge on any atom is -0.481 e. The molecule has 19 heavy (non-hydrogen) atoms. The van der Waals surface area contributed by atoms with Crippen molar-refractivity contribution in [3.63, 3.8) is 0 Å². The Hall–Kier alpha value is -1.85. The van der Waals surface area contributed by atoms with Gasteiger partial charge >= 0.3 is 5.97 Å². The Morgan fingerprint density at radius 2 is 1.95 bits per heavy atom. The molecule has 1 rings (SSSR count). The predicted octanol–water partition coefficient (Wildman–Crippen LogP) is 1.48. The summed E-state index contributed by atoms with van der Waals surface area (Å²) in [4.78, 5) is 22.8. The van der Waals surface area contributed by atoms with Gasteiger partial charge in [0.1, 0.15) is 0 Å². The molecule has 106 valence electrons. The van der Waals surface area contributed by atoms with E-state index in [1.54, 1.807) is 24.7 Å². The van der Waals surface area contributed by atoms with Crippen molar-refractivity contribution in [1.82, 2.24) is 15.1 Å². The summed E-state index contributed by atoms with van der Waals surface area (Å²) in [5, 5.41) is 15.7. The van der Waals surface area contributed by atoms with Gasteiger partial charge in [0.05, 0.1) is 23.2 Å². The highest BCUT2D eigenvalue weighted by atomic mass is 16.4. The van der Waals surface area contributed by atoms with Gasteiger partial charge in [-0.15, -0.1) is 0 Å². The van der Waals surface area contributed by atoms with Crippen LogP contribution in [0.5, 0.6) is 0 Å². The minimum absolute atomic E-state index is 0.196. The zero-order chi connectivity index (χ0) is 14.8. The summed E-state index contributed by atoms with van der Waals surface area (Å²) in [5.74, 6) is -1.88. The van der Waals surface area contributed by atoms with Crippen molar-refractivity contribution in [2.24, 2.45) is 5.92 Å². The van der Waals surface area contributed by atoms with E-state index in [4.69, 9.17) is 5.11 Å². The van der Waals surface area contributed by atoms with Crippen LogP contribution in [-0.4, -0.2) is 32.8 Å². The molecule has 0 aliphatic heterocycles. The first kappa shape index (κ1) is 15.2. The van der Waals surface area contributed by atoms with Crippen LogP contribution in [0.3, 0.4) is 0 Å². The molecular weight excluding hydrogens is 246 g/mol. The van der Waals surface area contributed by atoms with Crippen LogP contribution in [0.4, 0.5) is 0 Å². The first-order valence-electron chi connectivity index (χ1n) is 6.21. The van der Waals surface area contributed by atoms with Crippen LogP contribution in [0, 0.1) is 5.92 Å². The third-order valence-corrected chi connectivity index (χ3v) is 3.03. The second kappa shape index (κ2) is 5.42. The lowest BCUT2D eigenvalue weighted by molar-refractivity contribution is -0.141. The monoisotopic (exact) mass is 267 g/mol. The lowest BCUT2D eigenvalue weighted by atomic mass is 10.0. The molecule has 0 saturated heterocycles. The van der Waals surface area contributed by atoms with Crippen molar-refractivity contribution >= 4 is 11.9 Å². The van der Waals surface area contributed by atoms with Crippen LogP contribution in [0.25, 0.3) is 0 Å². The number of carbonyl (C=O) groups excluding carboxylic acids is 1. The van der Waals surface area contributed by atoms with Crippen LogP contribution in [0.15, 0.2) is 12.4 Å². The molecule has 0 bridgehead atoms. The second-order valence-corrected chi connectivity index (χ2v) is 5.73. The topological polar surface area (TPSA) is 84.2 Å². The fourth-order valence-corrected chi connectivity index (χ4v) is 1.44. The number of aliphatic carboxylic acids is 1. The summed E-state index contributed by atoms with van der Waals surface area (Å²) in [5.41, 5.74) is 0.234. The Morgan fingerprint density at radius 1 is 1.37 bits per heavy atom. The maximum atomic E-state index is 12.0. The lowest BCUT2D eigenvalue weighted by Gasteiger charge is -2.19. The van der Waals surface area contributed by atoms with Gasteiger partial charge in [0.25, 0.3) is 5.91 Å². The summed E-state index contributed by atoms with van der Waals surface area (Å²) < 4.78 is 1.70. The molecule has 2 N–H and O–H groups in total. The normalized spacial score (nSPS) is 14.8. The zero-order valence-electron chi connectivity index (χ0n) is 12.0. The number of amides is 1. The third-order valence-electron chi connectivity index (χ3n) is 3.03. The van der Waals surface area contributed by atoms with Gasteiger partial charge in [-0.2, -0.15) is 5.10 Å². The van der Waals surface area contributed by atoms with Crippen molar-refractivity contribution in [2.45, 2.75) is 46.2 Å². The van der Waals surface area contributed by atoms with Gasteiger partial charge in [-0.1, -0.05) is 0 Å². The number of carbonyl (C=O) groups is 2. The largest absolute Gasteiger partial charge is 0.481 e. The fraction of sp³-hybridized carbons (Fsp3) is 0.615. The van der Waals surface area contributed by atoms with Gasteiger partial charge in [-0.25, -0.2) is 0 Å². The lowest BCUT2D eigenvalue weighted by Crippen LogP contribution is -2.40. The van der Waals surface area contributed by atoms with Crippen molar-refractivity contribution in [2.75, 3.05) is 0 Å². The van der Waals surface area contributed by atoms with E-state index < -0.39 is 17.9 Å². The molecule has 0 aliphatic rings. The average molecular weight is 267 g/mol. The van der Waals surface area contributed by atoms with Crippen LogP contribution in [-0.2, 0) is 10.3 Å². The highest BCUT2D eigenvalue weighted by Gasteiger charge is 2.23. The van der Waals surface area contributed by atoms with Crippen molar-refractivity contribution in [1.29, 1.82) is 0 Å². The Morgan fingerprint density at radius 3 is 2.37 bits per heavy atom. The standard InChI is InChI=1S/C13H21N3O3/c1-8(12(18)19)9(2)15-11(17)10-6-14-16(7-10)13(3,4)5/h6-9H,1-5H3,(H,15,17)(H,18,19). The molecule has 1 aromatic heterocycles. The third kappa shape index (κ3) is 3.81. The number of hydrogen-bond donors (Lipinski definition) is 2. The van der Waals surface area contributed by atoms with E-state index in [-0.39, 0.29) is 11.4 Å². The summed E-state index contributed by atoms with van der Waals surface area (Å²) >= 11 is 0. The molecule has 0 aromatic carbocycles. The van der Waals surface area contributed by atoms with Crippen molar-refractivity contribution in [3.8, 4) is 0 Å².